The fourth-order valence-corrected chi connectivity index (χ4v) is 9.24. The molecule has 0 aromatic heterocycles. The van der Waals surface area contributed by atoms with Crippen LogP contribution >= 0.6 is 0 Å². The maximum absolute atomic E-state index is 13.6. The van der Waals surface area contributed by atoms with Gasteiger partial charge >= 0.3 is 5.97 Å². The Morgan fingerprint density at radius 1 is 0.532 bits per heavy atom. The predicted octanol–water partition coefficient (Wildman–Crippen LogP) is 1.71. The third-order valence-electron chi connectivity index (χ3n) is 11.0. The highest BCUT2D eigenvalue weighted by Crippen LogP contribution is 2.30. The number of unbranched alkanes of at least 4 members (excludes halogenated alkanes) is 2. The van der Waals surface area contributed by atoms with Crippen LogP contribution in [0.15, 0.2) is 60.3 Å². The first-order valence-electron chi connectivity index (χ1n) is 23.3. The number of rotatable bonds is 33. The summed E-state index contributed by atoms with van der Waals surface area (Å²) in [6, 6.07) is 5.07. The molecule has 32 heteroatoms. The molecule has 0 saturated heterocycles. The van der Waals surface area contributed by atoms with Crippen molar-refractivity contribution in [1.82, 2.24) is 21.3 Å². The van der Waals surface area contributed by atoms with Gasteiger partial charge in [-0.05, 0) is 69.9 Å². The molecule has 2 rings (SSSR count). The lowest BCUT2D eigenvalue weighted by Crippen LogP contribution is -2.31. The number of carbonyl (C=O) groups is 5. The lowest BCUT2D eigenvalue weighted by molar-refractivity contribution is -0.440. The van der Waals surface area contributed by atoms with E-state index in [1.807, 2.05) is 0 Å². The summed E-state index contributed by atoms with van der Waals surface area (Å²) in [7, 11) is -22.3. The quantitative estimate of drug-likeness (QED) is 0.0160. The number of allylic oxidation sites excluding steroid dienone is 6. The number of amides is 4. The van der Waals surface area contributed by atoms with Gasteiger partial charge in [-0.2, -0.15) is 46.7 Å². The number of hydrogen-bond acceptors (Lipinski definition) is 16. The van der Waals surface area contributed by atoms with Crippen LogP contribution in [0.3, 0.4) is 0 Å². The van der Waals surface area contributed by atoms with Crippen LogP contribution in [0.4, 0.5) is 11.4 Å². The lowest BCUT2D eigenvalue weighted by Gasteiger charge is -2.29. The number of benzene rings is 2. The Balaban J connectivity index is 2.82. The summed E-state index contributed by atoms with van der Waals surface area (Å²) >= 11 is 0. The standard InChI is InChI=1S/C45H64N6O21S5/c1-31(50(20-10-6-9-15-41(52)53)39-29-35(42(54)47-17-24-75(64,65)66)27-37(33(39)3)44(56)46-16-11-22-73(58,59)60)13-7-5-8-14-32(2)51(21-12-23-74(61,62)63)40-30-36(43(55)48-18-25-76(67,68)69)28-38(34(40)4)45(57)49-19-26-77(70,71)72/h5,7-8,13-14,27-30H,6,9-12,15-26H2,1-4H3,(H9-,46,47,48,49,52,53,54,55,56,57,58,59,60,61,62,63,64,65,66,67,68,69,70,71,72)/p+1. The first kappa shape index (κ1) is 67.1. The van der Waals surface area contributed by atoms with Crippen molar-refractivity contribution in [2.75, 3.05) is 72.9 Å². The van der Waals surface area contributed by atoms with Crippen LogP contribution in [-0.2, 0) is 55.4 Å². The van der Waals surface area contributed by atoms with Gasteiger partial charge in [0.05, 0.1) is 28.8 Å². The van der Waals surface area contributed by atoms with Crippen LogP contribution in [0.1, 0.15) is 105 Å². The van der Waals surface area contributed by atoms with Gasteiger partial charge in [0.15, 0.2) is 5.71 Å². The number of nitrogens with zero attached hydrogens (tertiary/aromatic N) is 2. The molecule has 0 atom stereocenters. The third-order valence-corrected chi connectivity index (χ3v) is 14.7. The van der Waals surface area contributed by atoms with E-state index in [-0.39, 0.29) is 72.4 Å². The lowest BCUT2D eigenvalue weighted by atomic mass is 9.99. The van der Waals surface area contributed by atoms with Crippen LogP contribution < -0.4 is 26.2 Å². The third kappa shape index (κ3) is 26.8. The Hall–Kier alpha value is -5.97. The van der Waals surface area contributed by atoms with Crippen molar-refractivity contribution < 1.29 is 98.5 Å². The molecule has 0 spiro atoms. The number of hydrogen-bond donors (Lipinski definition) is 10. The van der Waals surface area contributed by atoms with Crippen molar-refractivity contribution in [2.24, 2.45) is 0 Å². The average molecular weight is 1190 g/mol. The van der Waals surface area contributed by atoms with Gasteiger partial charge < -0.3 is 31.3 Å². The van der Waals surface area contributed by atoms with Gasteiger partial charge in [-0.25, -0.2) is 0 Å². The minimum atomic E-state index is -4.51. The molecule has 430 valence electrons. The highest BCUT2D eigenvalue weighted by molar-refractivity contribution is 7.86. The van der Waals surface area contributed by atoms with Crippen LogP contribution in [-0.4, -0.2) is 178 Å². The molecule has 0 bridgehead atoms. The summed E-state index contributed by atoms with van der Waals surface area (Å²) in [6.07, 6.45) is 8.52. The Kier molecular flexibility index (Phi) is 26.4. The monoisotopic (exact) mass is 1190 g/mol. The van der Waals surface area contributed by atoms with E-state index in [1.54, 1.807) is 56.1 Å². The van der Waals surface area contributed by atoms with Crippen molar-refractivity contribution in [3.05, 3.63) is 93.7 Å². The van der Waals surface area contributed by atoms with Gasteiger partial charge in [-0.1, -0.05) is 24.6 Å². The maximum Gasteiger partial charge on any atom is 0.303 e. The smallest absolute Gasteiger partial charge is 0.303 e. The van der Waals surface area contributed by atoms with Crippen LogP contribution in [0.2, 0.25) is 0 Å². The second kappa shape index (κ2) is 30.3. The Bertz CT molecular complexity index is 3210. The summed E-state index contributed by atoms with van der Waals surface area (Å²) in [5, 5.41) is 18.7. The maximum atomic E-state index is 13.6. The second-order valence-corrected chi connectivity index (χ2v) is 25.1. The molecule has 0 heterocycles. The number of carboxylic acid groups (broad SMARTS) is 1. The van der Waals surface area contributed by atoms with Crippen molar-refractivity contribution in [1.29, 1.82) is 0 Å². The van der Waals surface area contributed by atoms with E-state index in [2.05, 4.69) is 21.3 Å². The van der Waals surface area contributed by atoms with Crippen molar-refractivity contribution in [3.63, 3.8) is 0 Å². The highest BCUT2D eigenvalue weighted by Gasteiger charge is 2.26. The summed E-state index contributed by atoms with van der Waals surface area (Å²) in [6.45, 7) is 4.49. The van der Waals surface area contributed by atoms with Crippen LogP contribution in [0.5, 0.6) is 0 Å². The molecule has 0 aliphatic heterocycles. The van der Waals surface area contributed by atoms with Gasteiger partial charge in [-0.15, -0.1) is 0 Å². The fraction of sp³-hybridized carbons (Fsp3) is 0.467. The molecule has 0 aliphatic carbocycles. The highest BCUT2D eigenvalue weighted by atomic mass is 32.2. The summed E-state index contributed by atoms with van der Waals surface area (Å²) in [5.41, 5.74) is 1.17. The number of aliphatic carboxylic acids is 1. The van der Waals surface area contributed by atoms with Gasteiger partial charge in [-0.3, -0.25) is 46.7 Å². The van der Waals surface area contributed by atoms with E-state index in [1.165, 1.54) is 29.7 Å². The zero-order chi connectivity index (χ0) is 58.5. The van der Waals surface area contributed by atoms with E-state index in [0.717, 1.165) is 6.07 Å². The molecule has 10 N–H and O–H groups in total. The minimum Gasteiger partial charge on any atom is -0.481 e. The largest absolute Gasteiger partial charge is 0.481 e. The Labute approximate surface area is 447 Å². The second-order valence-electron chi connectivity index (χ2n) is 17.2. The van der Waals surface area contributed by atoms with Crippen molar-refractivity contribution in [3.8, 4) is 0 Å². The molecule has 2 aromatic rings. The number of nitrogens with one attached hydrogen (secondary N) is 4. The number of carboxylic acids is 1. The number of anilines is 1. The molecule has 77 heavy (non-hydrogen) atoms. The first-order chi connectivity index (χ1) is 35.5. The molecule has 0 aliphatic rings. The zero-order valence-electron chi connectivity index (χ0n) is 42.5. The number of carbonyl (C=O) groups excluding carboxylic acids is 4. The summed E-state index contributed by atoms with van der Waals surface area (Å²) < 4.78 is 162. The van der Waals surface area contributed by atoms with E-state index in [4.69, 9.17) is 9.11 Å². The molecular formula is C45H65N6O21S5+. The van der Waals surface area contributed by atoms with Gasteiger partial charge in [0.1, 0.15) is 6.54 Å². The molecule has 0 saturated carbocycles. The Morgan fingerprint density at radius 2 is 0.987 bits per heavy atom. The topological polar surface area (TPSA) is 432 Å². The normalized spacial score (nSPS) is 13.1. The van der Waals surface area contributed by atoms with E-state index in [9.17, 15) is 84.8 Å². The zero-order valence-corrected chi connectivity index (χ0v) is 46.5. The fourth-order valence-electron chi connectivity index (χ4n) is 7.16. The van der Waals surface area contributed by atoms with Gasteiger partial charge in [0.2, 0.25) is 5.69 Å². The summed E-state index contributed by atoms with van der Waals surface area (Å²) in [4.78, 5) is 66.8. The summed E-state index contributed by atoms with van der Waals surface area (Å²) in [5.74, 6) is -8.34. The average Bonchev–Trinajstić information content (AvgIpc) is 3.28. The molecule has 0 fully saturated rings. The SMILES string of the molecule is C\C(=C/C=C/C=C/C(C)=[N+](\CCCS(=O)(=O)O)c1cc(C(=O)NCCS(=O)(=O)O)cc(C(=O)NCCS(=O)(=O)O)c1C)N(CCCCCC(=O)O)c1cc(C(=O)NCCS(=O)(=O)O)cc(C(=O)NCCCS(=O)(=O)O)c1C. The Morgan fingerprint density at radius 3 is 1.48 bits per heavy atom. The van der Waals surface area contributed by atoms with Gasteiger partial charge in [0, 0.05) is 104 Å². The van der Waals surface area contributed by atoms with Crippen molar-refractivity contribution >= 4 is 97.3 Å². The predicted molar refractivity (Wildman–Crippen MR) is 284 cm³/mol. The van der Waals surface area contributed by atoms with Crippen LogP contribution in [0.25, 0.3) is 0 Å². The molecule has 27 nitrogen and oxygen atoms in total. The van der Waals surface area contributed by atoms with E-state index < -0.39 is 129 Å². The van der Waals surface area contributed by atoms with Crippen molar-refractivity contribution in [2.45, 2.75) is 66.2 Å². The molecule has 4 amide bonds. The first-order valence-corrected chi connectivity index (χ1v) is 31.3. The van der Waals surface area contributed by atoms with E-state index in [0.29, 0.717) is 41.9 Å². The van der Waals surface area contributed by atoms with Crippen LogP contribution in [0, 0.1) is 13.8 Å². The molecule has 0 unspecified atom stereocenters. The minimum absolute atomic E-state index is 0.0490. The molecule has 0 radical (unpaired) electrons. The van der Waals surface area contributed by atoms with E-state index >= 15 is 0 Å². The molecule has 2 aromatic carbocycles. The van der Waals surface area contributed by atoms with Gasteiger partial charge in [0.25, 0.3) is 74.2 Å². The molecular weight excluding hydrogens is 1120 g/mol.